The van der Waals surface area contributed by atoms with E-state index >= 15 is 0 Å². The minimum atomic E-state index is -1.40. The van der Waals surface area contributed by atoms with Crippen LogP contribution in [0.4, 0.5) is 0 Å². The fourth-order valence-corrected chi connectivity index (χ4v) is 5.70. The Bertz CT molecular complexity index is 1190. The highest BCUT2D eigenvalue weighted by Crippen LogP contribution is 2.51. The second kappa shape index (κ2) is 14.1. The van der Waals surface area contributed by atoms with Crippen molar-refractivity contribution in [3.63, 3.8) is 0 Å². The Kier molecular flexibility index (Phi) is 11.7. The molecule has 2 rings (SSSR count). The number of aliphatic hydroxyl groups excluding tert-OH is 2. The van der Waals surface area contributed by atoms with Crippen LogP contribution in [0.3, 0.4) is 0 Å². The van der Waals surface area contributed by atoms with E-state index in [9.17, 15) is 34.2 Å². The Balaban J connectivity index is 3.06. The summed E-state index contributed by atoms with van der Waals surface area (Å²) < 4.78 is 27.9. The summed E-state index contributed by atoms with van der Waals surface area (Å²) in [4.78, 5) is 61.0. The Hall–Kier alpha value is -3.51. The Morgan fingerprint density at radius 2 is 1.36 bits per heavy atom. The summed E-state index contributed by atoms with van der Waals surface area (Å²) in [6, 6.07) is 0. The summed E-state index contributed by atoms with van der Waals surface area (Å²) in [6.45, 7) is 12.3. The first-order chi connectivity index (χ1) is 19.4. The standard InChI is InChI=1S/C30H42O12/c1-14-23(36)11-22-26(40-18(5)33)10-21(13-38-16(3)31)24(37)12-25(39-17(4)32)15(2)28(41-19(6)34)29(42-20(7)35)27(14)30(22,8)9/h10,22-26,29,36-37H,11-13H2,1-9H3/b21-10+,28-15+/t22-,23-,24-,25-,26-,29+/m0/s1. The largest absolute Gasteiger partial charge is 0.461 e. The van der Waals surface area contributed by atoms with Crippen LogP contribution in [0.2, 0.25) is 0 Å². The molecule has 0 fully saturated rings. The number of fused-ring (bicyclic) bond motifs is 2. The van der Waals surface area contributed by atoms with Crippen LogP contribution in [0.5, 0.6) is 0 Å². The van der Waals surface area contributed by atoms with Gasteiger partial charge in [0.1, 0.15) is 18.8 Å². The molecule has 0 heterocycles. The molecule has 6 atom stereocenters. The molecule has 12 nitrogen and oxygen atoms in total. The normalized spacial score (nSPS) is 30.9. The van der Waals surface area contributed by atoms with Crippen molar-refractivity contribution in [2.24, 2.45) is 11.3 Å². The zero-order valence-corrected chi connectivity index (χ0v) is 25.6. The van der Waals surface area contributed by atoms with Crippen LogP contribution < -0.4 is 0 Å². The van der Waals surface area contributed by atoms with E-state index < -0.39 is 71.7 Å². The molecule has 0 unspecified atom stereocenters. The van der Waals surface area contributed by atoms with Gasteiger partial charge in [-0.1, -0.05) is 13.8 Å². The van der Waals surface area contributed by atoms with Crippen LogP contribution in [-0.2, 0) is 47.7 Å². The van der Waals surface area contributed by atoms with Crippen molar-refractivity contribution in [2.45, 2.75) is 106 Å². The van der Waals surface area contributed by atoms with Crippen molar-refractivity contribution in [3.8, 4) is 0 Å². The zero-order chi connectivity index (χ0) is 32.1. The monoisotopic (exact) mass is 594 g/mol. The van der Waals surface area contributed by atoms with Gasteiger partial charge in [-0.3, -0.25) is 24.0 Å². The van der Waals surface area contributed by atoms with Crippen LogP contribution in [0.15, 0.2) is 34.1 Å². The molecule has 0 spiro atoms. The van der Waals surface area contributed by atoms with E-state index in [4.69, 9.17) is 23.7 Å². The van der Waals surface area contributed by atoms with Gasteiger partial charge in [-0.2, -0.15) is 0 Å². The highest BCUT2D eigenvalue weighted by Gasteiger charge is 2.50. The zero-order valence-electron chi connectivity index (χ0n) is 25.6. The molecule has 0 amide bonds. The van der Waals surface area contributed by atoms with Gasteiger partial charge in [0.05, 0.1) is 12.2 Å². The molecule has 42 heavy (non-hydrogen) atoms. The molecule has 234 valence electrons. The van der Waals surface area contributed by atoms with Crippen molar-refractivity contribution >= 4 is 29.8 Å². The third kappa shape index (κ3) is 8.51. The molecule has 12 heteroatoms. The van der Waals surface area contributed by atoms with Gasteiger partial charge < -0.3 is 33.9 Å². The predicted octanol–water partition coefficient (Wildman–Crippen LogP) is 2.60. The van der Waals surface area contributed by atoms with Gasteiger partial charge in [-0.15, -0.1) is 0 Å². The number of carbonyl (C=O) groups excluding carboxylic acids is 5. The molecule has 0 aliphatic heterocycles. The summed E-state index contributed by atoms with van der Waals surface area (Å²) in [5.74, 6) is -4.27. The van der Waals surface area contributed by atoms with Crippen LogP contribution in [0.25, 0.3) is 0 Å². The van der Waals surface area contributed by atoms with Gasteiger partial charge in [-0.05, 0) is 48.5 Å². The van der Waals surface area contributed by atoms with Crippen LogP contribution in [-0.4, -0.2) is 77.2 Å². The lowest BCUT2D eigenvalue weighted by Gasteiger charge is -2.48. The maximum absolute atomic E-state index is 12.5. The first kappa shape index (κ1) is 34.7. The van der Waals surface area contributed by atoms with E-state index in [0.717, 1.165) is 13.8 Å². The van der Waals surface area contributed by atoms with Crippen molar-refractivity contribution in [3.05, 3.63) is 34.1 Å². The third-order valence-electron chi connectivity index (χ3n) is 7.63. The van der Waals surface area contributed by atoms with Gasteiger partial charge in [0.25, 0.3) is 0 Å². The molecule has 2 bridgehead atoms. The molecule has 0 saturated carbocycles. The number of rotatable bonds is 6. The van der Waals surface area contributed by atoms with Crippen LogP contribution in [0.1, 0.15) is 75.2 Å². The minimum Gasteiger partial charge on any atom is -0.461 e. The number of hydrogen-bond acceptors (Lipinski definition) is 12. The van der Waals surface area contributed by atoms with Gasteiger partial charge in [-0.25, -0.2) is 0 Å². The second-order valence-electron chi connectivity index (χ2n) is 11.3. The van der Waals surface area contributed by atoms with E-state index in [1.807, 2.05) is 0 Å². The summed E-state index contributed by atoms with van der Waals surface area (Å²) in [5, 5.41) is 22.6. The lowest BCUT2D eigenvalue weighted by molar-refractivity contribution is -0.153. The van der Waals surface area contributed by atoms with Gasteiger partial charge in [0, 0.05) is 52.5 Å². The fourth-order valence-electron chi connectivity index (χ4n) is 5.70. The number of aliphatic hydroxyl groups is 2. The fraction of sp³-hybridized carbons (Fsp3) is 0.633. The Labute approximate surface area is 245 Å². The minimum absolute atomic E-state index is 0.113. The SMILES string of the molecule is CC(=O)OC/C1=C\[C@H](OC(C)=O)[C@@H]2C[C@H](O)C(C)=C([C@@H](OC(C)=O)/C(OC(C)=O)=C(/C)[C@@H](OC(C)=O)C[C@@H]1O)C2(C)C. The maximum atomic E-state index is 12.5. The van der Waals surface area contributed by atoms with E-state index in [1.165, 1.54) is 33.8 Å². The van der Waals surface area contributed by atoms with E-state index in [1.54, 1.807) is 20.8 Å². The van der Waals surface area contributed by atoms with Crippen molar-refractivity contribution in [2.75, 3.05) is 6.61 Å². The molecule has 0 saturated heterocycles. The highest BCUT2D eigenvalue weighted by molar-refractivity contribution is 5.70. The van der Waals surface area contributed by atoms with Crippen LogP contribution in [0, 0.1) is 11.3 Å². The maximum Gasteiger partial charge on any atom is 0.307 e. The smallest absolute Gasteiger partial charge is 0.307 e. The van der Waals surface area contributed by atoms with Gasteiger partial charge >= 0.3 is 29.8 Å². The molecule has 0 aromatic heterocycles. The summed E-state index contributed by atoms with van der Waals surface area (Å²) in [6.07, 6.45) is -4.79. The quantitative estimate of drug-likeness (QED) is 0.262. The predicted molar refractivity (Wildman–Crippen MR) is 147 cm³/mol. The van der Waals surface area contributed by atoms with Crippen LogP contribution >= 0.6 is 0 Å². The molecule has 2 aliphatic rings. The summed E-state index contributed by atoms with van der Waals surface area (Å²) in [7, 11) is 0. The molecule has 2 N–H and O–H groups in total. The lowest BCUT2D eigenvalue weighted by atomic mass is 9.60. The van der Waals surface area contributed by atoms with Crippen molar-refractivity contribution < 1.29 is 57.9 Å². The third-order valence-corrected chi connectivity index (χ3v) is 7.63. The average Bonchev–Trinajstić information content (AvgIpc) is 2.83. The molecule has 2 aliphatic carbocycles. The van der Waals surface area contributed by atoms with Gasteiger partial charge in [0.2, 0.25) is 0 Å². The molecule has 0 radical (unpaired) electrons. The lowest BCUT2D eigenvalue weighted by Crippen LogP contribution is -2.48. The first-order valence-electron chi connectivity index (χ1n) is 13.7. The molecule has 0 aromatic carbocycles. The Morgan fingerprint density at radius 1 is 0.786 bits per heavy atom. The number of esters is 5. The van der Waals surface area contributed by atoms with Crippen molar-refractivity contribution in [1.82, 2.24) is 0 Å². The molecular weight excluding hydrogens is 552 g/mol. The average molecular weight is 595 g/mol. The first-order valence-corrected chi connectivity index (χ1v) is 13.7. The second-order valence-corrected chi connectivity index (χ2v) is 11.3. The van der Waals surface area contributed by atoms with Gasteiger partial charge in [0.15, 0.2) is 11.9 Å². The number of carbonyl (C=O) groups is 5. The van der Waals surface area contributed by atoms with Crippen molar-refractivity contribution in [1.29, 1.82) is 0 Å². The summed E-state index contributed by atoms with van der Waals surface area (Å²) in [5.41, 5.74) is 0.172. The van der Waals surface area contributed by atoms with E-state index in [0.29, 0.717) is 11.1 Å². The topological polar surface area (TPSA) is 172 Å². The van der Waals surface area contributed by atoms with E-state index in [-0.39, 0.29) is 36.4 Å². The highest BCUT2D eigenvalue weighted by atomic mass is 16.6. The van der Waals surface area contributed by atoms with E-state index in [2.05, 4.69) is 0 Å². The molecule has 0 aromatic rings. The molecular formula is C30H42O12. The Morgan fingerprint density at radius 3 is 1.86 bits per heavy atom. The number of ether oxygens (including phenoxy) is 5. The summed E-state index contributed by atoms with van der Waals surface area (Å²) >= 11 is 0. The number of hydrogen-bond donors (Lipinski definition) is 2.